The fourth-order valence-electron chi connectivity index (χ4n) is 3.76. The molecule has 2 aliphatic carbocycles. The van der Waals surface area contributed by atoms with E-state index in [0.717, 1.165) is 30.6 Å². The number of allylic oxidation sites excluding steroid dienone is 2. The molecule has 0 amide bonds. The van der Waals surface area contributed by atoms with E-state index in [1.54, 1.807) is 0 Å². The predicted molar refractivity (Wildman–Crippen MR) is 71.3 cm³/mol. The lowest BCUT2D eigenvalue weighted by Gasteiger charge is -2.37. The molecule has 0 saturated heterocycles. The van der Waals surface area contributed by atoms with E-state index in [1.165, 1.54) is 38.5 Å². The maximum absolute atomic E-state index is 13.0. The summed E-state index contributed by atoms with van der Waals surface area (Å²) in [5.74, 6) is 2.60. The third kappa shape index (κ3) is 3.20. The normalized spacial score (nSPS) is 38.6. The van der Waals surface area contributed by atoms with Gasteiger partial charge >= 0.3 is 0 Å². The zero-order chi connectivity index (χ0) is 12.3. The Morgan fingerprint density at radius 2 is 1.35 bits per heavy atom. The molecule has 2 aliphatic rings. The Morgan fingerprint density at radius 1 is 0.882 bits per heavy atom. The van der Waals surface area contributed by atoms with Crippen LogP contribution in [0.2, 0.25) is 0 Å². The van der Waals surface area contributed by atoms with Gasteiger partial charge in [0.05, 0.1) is 5.83 Å². The van der Waals surface area contributed by atoms with Crippen LogP contribution in [0.1, 0.15) is 51.4 Å². The summed E-state index contributed by atoms with van der Waals surface area (Å²) < 4.78 is 13.0. The van der Waals surface area contributed by atoms with Crippen molar-refractivity contribution in [2.75, 3.05) is 0 Å². The van der Waals surface area contributed by atoms with Crippen molar-refractivity contribution in [2.45, 2.75) is 51.4 Å². The van der Waals surface area contributed by atoms with Crippen LogP contribution >= 0.6 is 0 Å². The van der Waals surface area contributed by atoms with Crippen molar-refractivity contribution in [2.24, 2.45) is 23.7 Å². The monoisotopic (exact) mass is 236 g/mol. The average molecular weight is 236 g/mol. The lowest BCUT2D eigenvalue weighted by molar-refractivity contribution is 0.158. The highest BCUT2D eigenvalue weighted by atomic mass is 19.1. The Hall–Kier alpha value is -0.590. The number of hydrogen-bond acceptors (Lipinski definition) is 0. The predicted octanol–water partition coefficient (Wildman–Crippen LogP) is 5.27. The molecule has 0 atom stereocenters. The van der Waals surface area contributed by atoms with Gasteiger partial charge in [-0.3, -0.25) is 0 Å². The van der Waals surface area contributed by atoms with Crippen LogP contribution in [0.25, 0.3) is 0 Å². The van der Waals surface area contributed by atoms with Gasteiger partial charge in [-0.2, -0.15) is 0 Å². The van der Waals surface area contributed by atoms with E-state index >= 15 is 0 Å². The van der Waals surface area contributed by atoms with E-state index in [4.69, 9.17) is 0 Å². The molecular weight excluding hydrogens is 211 g/mol. The summed E-state index contributed by atoms with van der Waals surface area (Å²) in [6, 6.07) is 0. The number of halogens is 1. The standard InChI is InChI=1S/C16H25F/c1-3-13-4-6-15(7-5-13)16-10-8-14(9-11-16)12(2)17/h3,13-16H,1-2,4-11H2. The zero-order valence-corrected chi connectivity index (χ0v) is 10.8. The topological polar surface area (TPSA) is 0 Å². The highest BCUT2D eigenvalue weighted by Gasteiger charge is 2.30. The molecule has 17 heavy (non-hydrogen) atoms. The highest BCUT2D eigenvalue weighted by Crippen LogP contribution is 2.42. The Kier molecular flexibility index (Phi) is 4.42. The van der Waals surface area contributed by atoms with Crippen molar-refractivity contribution in [1.82, 2.24) is 0 Å². The molecule has 0 heterocycles. The maximum Gasteiger partial charge on any atom is 0.0958 e. The average Bonchev–Trinajstić information content (AvgIpc) is 2.39. The van der Waals surface area contributed by atoms with Crippen LogP contribution in [0.5, 0.6) is 0 Å². The molecule has 2 rings (SSSR count). The van der Waals surface area contributed by atoms with Crippen LogP contribution < -0.4 is 0 Å². The molecule has 0 aromatic rings. The van der Waals surface area contributed by atoms with Crippen molar-refractivity contribution in [1.29, 1.82) is 0 Å². The second-order valence-corrected chi connectivity index (χ2v) is 5.97. The Balaban J connectivity index is 1.78. The van der Waals surface area contributed by atoms with E-state index in [9.17, 15) is 4.39 Å². The van der Waals surface area contributed by atoms with Gasteiger partial charge in [0.25, 0.3) is 0 Å². The first-order valence-corrected chi connectivity index (χ1v) is 7.17. The third-order valence-corrected chi connectivity index (χ3v) is 5.03. The van der Waals surface area contributed by atoms with Gasteiger partial charge in [-0.1, -0.05) is 12.7 Å². The largest absolute Gasteiger partial charge is 0.212 e. The molecule has 0 aliphatic heterocycles. The van der Waals surface area contributed by atoms with Crippen molar-refractivity contribution < 1.29 is 4.39 Å². The second kappa shape index (κ2) is 5.84. The Labute approximate surface area is 105 Å². The van der Waals surface area contributed by atoms with E-state index in [2.05, 4.69) is 19.2 Å². The first-order chi connectivity index (χ1) is 8.20. The van der Waals surface area contributed by atoms with Gasteiger partial charge in [0.2, 0.25) is 0 Å². The van der Waals surface area contributed by atoms with E-state index in [1.807, 2.05) is 0 Å². The van der Waals surface area contributed by atoms with Gasteiger partial charge in [-0.15, -0.1) is 6.58 Å². The molecule has 0 spiro atoms. The first-order valence-electron chi connectivity index (χ1n) is 7.17. The van der Waals surface area contributed by atoms with Crippen LogP contribution in [0, 0.1) is 23.7 Å². The smallest absolute Gasteiger partial charge is 0.0958 e. The molecule has 0 aromatic heterocycles. The molecule has 0 unspecified atom stereocenters. The van der Waals surface area contributed by atoms with Gasteiger partial charge in [0.1, 0.15) is 0 Å². The van der Waals surface area contributed by atoms with E-state index in [0.29, 0.717) is 0 Å². The summed E-state index contributed by atoms with van der Waals surface area (Å²) >= 11 is 0. The minimum atomic E-state index is -0.0844. The van der Waals surface area contributed by atoms with Crippen LogP contribution in [0.3, 0.4) is 0 Å². The molecule has 2 saturated carbocycles. The molecule has 2 fully saturated rings. The minimum Gasteiger partial charge on any atom is -0.212 e. The quantitative estimate of drug-likeness (QED) is 0.586. The number of hydrogen-bond donors (Lipinski definition) is 0. The molecule has 1 heteroatoms. The summed E-state index contributed by atoms with van der Waals surface area (Å²) in [6.07, 6.45) is 12.0. The van der Waals surface area contributed by atoms with E-state index < -0.39 is 0 Å². The van der Waals surface area contributed by atoms with Crippen molar-refractivity contribution in [3.05, 3.63) is 25.1 Å². The SMILES string of the molecule is C=CC1CCC(C2CCC(C(=C)F)CC2)CC1. The van der Waals surface area contributed by atoms with Gasteiger partial charge in [0.15, 0.2) is 0 Å². The highest BCUT2D eigenvalue weighted by molar-refractivity contribution is 4.94. The van der Waals surface area contributed by atoms with Crippen molar-refractivity contribution >= 4 is 0 Å². The lowest BCUT2D eigenvalue weighted by atomic mass is 9.69. The minimum absolute atomic E-state index is 0.0844. The van der Waals surface area contributed by atoms with Crippen molar-refractivity contribution in [3.8, 4) is 0 Å². The molecule has 0 bridgehead atoms. The summed E-state index contributed by atoms with van der Waals surface area (Å²) in [6.45, 7) is 7.36. The Morgan fingerprint density at radius 3 is 1.76 bits per heavy atom. The van der Waals surface area contributed by atoms with Crippen molar-refractivity contribution in [3.63, 3.8) is 0 Å². The van der Waals surface area contributed by atoms with Crippen LogP contribution in [-0.2, 0) is 0 Å². The Bertz CT molecular complexity index is 265. The summed E-state index contributed by atoms with van der Waals surface area (Å²) in [4.78, 5) is 0. The molecular formula is C16H25F. The third-order valence-electron chi connectivity index (χ3n) is 5.03. The summed E-state index contributed by atoms with van der Waals surface area (Å²) in [5.41, 5.74) is 0. The van der Waals surface area contributed by atoms with Gasteiger partial charge in [0, 0.05) is 5.92 Å². The molecule has 0 radical (unpaired) electrons. The van der Waals surface area contributed by atoms with Crippen LogP contribution in [-0.4, -0.2) is 0 Å². The van der Waals surface area contributed by atoms with Gasteiger partial charge in [-0.05, 0) is 69.1 Å². The fourth-order valence-corrected chi connectivity index (χ4v) is 3.76. The van der Waals surface area contributed by atoms with Crippen LogP contribution in [0.4, 0.5) is 4.39 Å². The van der Waals surface area contributed by atoms with E-state index in [-0.39, 0.29) is 11.7 Å². The summed E-state index contributed by atoms with van der Waals surface area (Å²) in [5, 5.41) is 0. The molecule has 0 nitrogen and oxygen atoms in total. The number of rotatable bonds is 3. The maximum atomic E-state index is 13.0. The summed E-state index contributed by atoms with van der Waals surface area (Å²) in [7, 11) is 0. The molecule has 0 aromatic carbocycles. The van der Waals surface area contributed by atoms with Gasteiger partial charge in [-0.25, -0.2) is 4.39 Å². The molecule has 0 N–H and O–H groups in total. The molecule has 96 valence electrons. The fraction of sp³-hybridized carbons (Fsp3) is 0.750. The second-order valence-electron chi connectivity index (χ2n) is 5.97. The van der Waals surface area contributed by atoms with Crippen LogP contribution in [0.15, 0.2) is 25.1 Å². The van der Waals surface area contributed by atoms with Gasteiger partial charge < -0.3 is 0 Å². The first kappa shape index (κ1) is 12.9. The zero-order valence-electron chi connectivity index (χ0n) is 10.8. The lowest BCUT2D eigenvalue weighted by Crippen LogP contribution is -2.25.